The SMILES string of the molecule is O=C(CCOc1ccccc1Cl)NCc1csc(-c2ccncc2)n1. The minimum absolute atomic E-state index is 0.0921. The highest BCUT2D eigenvalue weighted by Gasteiger charge is 2.07. The maximum absolute atomic E-state index is 11.9. The number of pyridine rings is 1. The molecule has 1 N–H and O–H groups in total. The monoisotopic (exact) mass is 373 g/mol. The van der Waals surface area contributed by atoms with E-state index in [1.54, 1.807) is 35.9 Å². The molecule has 0 unspecified atom stereocenters. The van der Waals surface area contributed by atoms with Gasteiger partial charge in [-0.3, -0.25) is 9.78 Å². The Morgan fingerprint density at radius 1 is 1.20 bits per heavy atom. The molecule has 0 spiro atoms. The van der Waals surface area contributed by atoms with Crippen LogP contribution in [0.3, 0.4) is 0 Å². The van der Waals surface area contributed by atoms with Crippen LogP contribution in [0.5, 0.6) is 5.75 Å². The maximum atomic E-state index is 11.9. The number of aromatic nitrogens is 2. The van der Waals surface area contributed by atoms with Crippen LogP contribution in [0.25, 0.3) is 10.6 Å². The number of para-hydroxylation sites is 1. The Morgan fingerprint density at radius 2 is 2.00 bits per heavy atom. The van der Waals surface area contributed by atoms with Crippen LogP contribution in [0.2, 0.25) is 5.02 Å². The molecule has 0 aliphatic heterocycles. The number of benzene rings is 1. The molecule has 0 bridgehead atoms. The first-order valence-corrected chi connectivity index (χ1v) is 8.97. The Morgan fingerprint density at radius 3 is 2.80 bits per heavy atom. The van der Waals surface area contributed by atoms with Crippen molar-refractivity contribution in [2.75, 3.05) is 6.61 Å². The number of carbonyl (C=O) groups is 1. The number of amides is 1. The molecule has 0 saturated carbocycles. The third-order valence-corrected chi connectivity index (χ3v) is 4.62. The van der Waals surface area contributed by atoms with Crippen LogP contribution in [-0.2, 0) is 11.3 Å². The van der Waals surface area contributed by atoms with Gasteiger partial charge < -0.3 is 10.1 Å². The Hall–Kier alpha value is -2.44. The molecular weight excluding hydrogens is 358 g/mol. The minimum Gasteiger partial charge on any atom is -0.491 e. The van der Waals surface area contributed by atoms with Crippen LogP contribution in [-0.4, -0.2) is 22.5 Å². The maximum Gasteiger partial charge on any atom is 0.223 e. The van der Waals surface area contributed by atoms with E-state index in [0.29, 0.717) is 17.3 Å². The summed E-state index contributed by atoms with van der Waals surface area (Å²) in [5.74, 6) is 0.490. The summed E-state index contributed by atoms with van der Waals surface area (Å²) in [4.78, 5) is 20.4. The van der Waals surface area contributed by atoms with E-state index in [1.165, 1.54) is 0 Å². The van der Waals surface area contributed by atoms with Gasteiger partial charge in [0.05, 0.1) is 30.3 Å². The Balaban J connectivity index is 1.44. The normalized spacial score (nSPS) is 10.4. The number of carbonyl (C=O) groups excluding carboxylic acids is 1. The van der Waals surface area contributed by atoms with E-state index < -0.39 is 0 Å². The van der Waals surface area contributed by atoms with Gasteiger partial charge in [0.25, 0.3) is 0 Å². The lowest BCUT2D eigenvalue weighted by Crippen LogP contribution is -2.24. The number of ether oxygens (including phenoxy) is 1. The van der Waals surface area contributed by atoms with Crippen molar-refractivity contribution in [1.82, 2.24) is 15.3 Å². The van der Waals surface area contributed by atoms with Gasteiger partial charge in [-0.2, -0.15) is 0 Å². The number of rotatable bonds is 7. The largest absolute Gasteiger partial charge is 0.491 e. The summed E-state index contributed by atoms with van der Waals surface area (Å²) in [6, 6.07) is 11.0. The average molecular weight is 374 g/mol. The van der Waals surface area contributed by atoms with Gasteiger partial charge in [-0.25, -0.2) is 4.98 Å². The number of thiazole rings is 1. The highest BCUT2D eigenvalue weighted by Crippen LogP contribution is 2.23. The van der Waals surface area contributed by atoms with Gasteiger partial charge in [-0.1, -0.05) is 23.7 Å². The van der Waals surface area contributed by atoms with Crippen molar-refractivity contribution in [1.29, 1.82) is 0 Å². The first kappa shape index (κ1) is 17.4. The molecule has 2 aromatic heterocycles. The van der Waals surface area contributed by atoms with Crippen molar-refractivity contribution in [2.24, 2.45) is 0 Å². The van der Waals surface area contributed by atoms with Gasteiger partial charge in [0.2, 0.25) is 5.91 Å². The lowest BCUT2D eigenvalue weighted by molar-refractivity contribution is -0.121. The van der Waals surface area contributed by atoms with E-state index in [2.05, 4.69) is 15.3 Å². The highest BCUT2D eigenvalue weighted by atomic mass is 35.5. The molecule has 5 nitrogen and oxygen atoms in total. The summed E-state index contributed by atoms with van der Waals surface area (Å²) in [6.07, 6.45) is 3.72. The molecule has 128 valence electrons. The molecular formula is C18H16ClN3O2S. The molecule has 0 radical (unpaired) electrons. The van der Waals surface area contributed by atoms with Crippen molar-refractivity contribution in [3.8, 4) is 16.3 Å². The van der Waals surface area contributed by atoms with Gasteiger partial charge in [-0.15, -0.1) is 11.3 Å². The molecule has 1 aromatic carbocycles. The molecule has 0 aliphatic rings. The summed E-state index contributed by atoms with van der Waals surface area (Å²) in [7, 11) is 0. The number of halogens is 1. The van der Waals surface area contributed by atoms with Gasteiger partial charge >= 0.3 is 0 Å². The minimum atomic E-state index is -0.0921. The lowest BCUT2D eigenvalue weighted by atomic mass is 10.3. The number of hydrogen-bond donors (Lipinski definition) is 1. The Labute approximate surface area is 154 Å². The molecule has 0 atom stereocenters. The smallest absolute Gasteiger partial charge is 0.223 e. The van der Waals surface area contributed by atoms with E-state index >= 15 is 0 Å². The summed E-state index contributed by atoms with van der Waals surface area (Å²) >= 11 is 7.54. The summed E-state index contributed by atoms with van der Waals surface area (Å²) < 4.78 is 5.51. The van der Waals surface area contributed by atoms with Crippen LogP contribution < -0.4 is 10.1 Å². The molecule has 25 heavy (non-hydrogen) atoms. The fraction of sp³-hybridized carbons (Fsp3) is 0.167. The zero-order valence-electron chi connectivity index (χ0n) is 13.3. The predicted octanol–water partition coefficient (Wildman–Crippen LogP) is 3.94. The fourth-order valence-electron chi connectivity index (χ4n) is 2.11. The van der Waals surface area contributed by atoms with Crippen LogP contribution >= 0.6 is 22.9 Å². The zero-order valence-corrected chi connectivity index (χ0v) is 14.9. The number of hydrogen-bond acceptors (Lipinski definition) is 5. The molecule has 0 saturated heterocycles. The highest BCUT2D eigenvalue weighted by molar-refractivity contribution is 7.13. The van der Waals surface area contributed by atoms with Crippen molar-refractivity contribution >= 4 is 28.8 Å². The predicted molar refractivity (Wildman–Crippen MR) is 98.8 cm³/mol. The molecule has 0 fully saturated rings. The van der Waals surface area contributed by atoms with Crippen LogP contribution in [0.4, 0.5) is 0 Å². The van der Waals surface area contributed by atoms with Crippen molar-refractivity contribution in [2.45, 2.75) is 13.0 Å². The topological polar surface area (TPSA) is 64.1 Å². The third-order valence-electron chi connectivity index (χ3n) is 3.37. The Bertz CT molecular complexity index is 839. The first-order chi connectivity index (χ1) is 12.2. The van der Waals surface area contributed by atoms with E-state index in [4.69, 9.17) is 16.3 Å². The number of nitrogens with zero attached hydrogens (tertiary/aromatic N) is 2. The van der Waals surface area contributed by atoms with Crippen molar-refractivity contribution < 1.29 is 9.53 Å². The molecule has 2 heterocycles. The Kier molecular flexibility index (Phi) is 5.98. The standard InChI is InChI=1S/C18H16ClN3O2S/c19-15-3-1-2-4-16(15)24-10-7-17(23)21-11-14-12-25-18(22-14)13-5-8-20-9-6-13/h1-6,8-9,12H,7,10-11H2,(H,21,23). The van der Waals surface area contributed by atoms with Crippen molar-refractivity contribution in [3.05, 3.63) is 64.9 Å². The molecule has 7 heteroatoms. The van der Waals surface area contributed by atoms with E-state index in [-0.39, 0.29) is 18.9 Å². The van der Waals surface area contributed by atoms with E-state index in [0.717, 1.165) is 16.3 Å². The summed E-state index contributed by atoms with van der Waals surface area (Å²) in [5, 5.41) is 6.23. The lowest BCUT2D eigenvalue weighted by Gasteiger charge is -2.07. The van der Waals surface area contributed by atoms with Gasteiger partial charge in [0, 0.05) is 23.3 Å². The average Bonchev–Trinajstić information content (AvgIpc) is 3.11. The van der Waals surface area contributed by atoms with Gasteiger partial charge in [0.1, 0.15) is 10.8 Å². The summed E-state index contributed by atoms with van der Waals surface area (Å²) in [6.45, 7) is 0.668. The number of nitrogens with one attached hydrogen (secondary N) is 1. The second-order valence-corrected chi connectivity index (χ2v) is 6.45. The second kappa shape index (κ2) is 8.60. The van der Waals surface area contributed by atoms with Gasteiger partial charge in [-0.05, 0) is 24.3 Å². The first-order valence-electron chi connectivity index (χ1n) is 7.71. The third kappa shape index (κ3) is 5.01. The fourth-order valence-corrected chi connectivity index (χ4v) is 3.12. The molecule has 0 aliphatic carbocycles. The van der Waals surface area contributed by atoms with E-state index in [1.807, 2.05) is 29.6 Å². The summed E-state index contributed by atoms with van der Waals surface area (Å²) in [5.41, 5.74) is 1.85. The molecule has 3 rings (SSSR count). The molecule has 3 aromatic rings. The van der Waals surface area contributed by atoms with Crippen LogP contribution in [0.1, 0.15) is 12.1 Å². The second-order valence-electron chi connectivity index (χ2n) is 5.19. The van der Waals surface area contributed by atoms with Crippen molar-refractivity contribution in [3.63, 3.8) is 0 Å². The van der Waals surface area contributed by atoms with Crippen LogP contribution in [0, 0.1) is 0 Å². The van der Waals surface area contributed by atoms with E-state index in [9.17, 15) is 4.79 Å². The quantitative estimate of drug-likeness (QED) is 0.681. The van der Waals surface area contributed by atoms with Crippen LogP contribution in [0.15, 0.2) is 54.2 Å². The molecule has 1 amide bonds. The van der Waals surface area contributed by atoms with Gasteiger partial charge in [0.15, 0.2) is 0 Å². The zero-order chi connectivity index (χ0) is 17.5.